The Morgan fingerprint density at radius 2 is 1.96 bits per heavy atom. The molecule has 1 amide bonds. The molecule has 0 aliphatic carbocycles. The number of carbonyl (C=O) groups is 1. The summed E-state index contributed by atoms with van der Waals surface area (Å²) < 4.78 is 12.3. The van der Waals surface area contributed by atoms with Gasteiger partial charge in [0.1, 0.15) is 11.5 Å². The highest BCUT2D eigenvalue weighted by Crippen LogP contribution is 2.20. The Kier molecular flexibility index (Phi) is 8.64. The summed E-state index contributed by atoms with van der Waals surface area (Å²) in [6.07, 6.45) is 4.34. The fourth-order valence-corrected chi connectivity index (χ4v) is 3.36. The zero-order valence-corrected chi connectivity index (χ0v) is 17.3. The molecule has 1 N–H and O–H groups in total. The predicted octanol–water partition coefficient (Wildman–Crippen LogP) is 5.00. The van der Waals surface area contributed by atoms with E-state index in [9.17, 15) is 4.79 Å². The molecule has 0 bridgehead atoms. The van der Waals surface area contributed by atoms with Gasteiger partial charge in [0, 0.05) is 4.88 Å². The average Bonchev–Trinajstić information content (AvgIpc) is 3.05. The average molecular weight is 439 g/mol. The minimum atomic E-state index is -0.654. The first-order valence-electron chi connectivity index (χ1n) is 8.56. The first-order chi connectivity index (χ1) is 12.6. The number of unbranched alkanes of at least 4 members (excludes halogenated alkanes) is 2. The predicted molar refractivity (Wildman–Crippen MR) is 109 cm³/mol. The van der Waals surface area contributed by atoms with E-state index in [1.807, 2.05) is 24.3 Å². The minimum absolute atomic E-state index is 0.309. The van der Waals surface area contributed by atoms with Crippen LogP contribution in [0.3, 0.4) is 0 Å². The van der Waals surface area contributed by atoms with E-state index in [0.717, 1.165) is 20.8 Å². The molecule has 0 aliphatic rings. The Bertz CT molecular complexity index is 716. The molecule has 0 saturated carbocycles. The van der Waals surface area contributed by atoms with Gasteiger partial charge >= 0.3 is 0 Å². The highest BCUT2D eigenvalue weighted by Gasteiger charge is 2.13. The van der Waals surface area contributed by atoms with Gasteiger partial charge in [0.2, 0.25) is 0 Å². The van der Waals surface area contributed by atoms with E-state index >= 15 is 0 Å². The molecular formula is C19H23BrN2O3S. The SMILES string of the molecule is CCCCCOc1ccc(O[C@H](C)C(=O)N/N=C\c2ccc(Br)s2)cc1. The lowest BCUT2D eigenvalue weighted by Crippen LogP contribution is -2.33. The number of nitrogens with one attached hydrogen (secondary N) is 1. The van der Waals surface area contributed by atoms with Gasteiger partial charge < -0.3 is 9.47 Å². The van der Waals surface area contributed by atoms with Crippen LogP contribution in [0.4, 0.5) is 0 Å². The molecule has 2 rings (SSSR count). The van der Waals surface area contributed by atoms with Crippen LogP contribution in [0.1, 0.15) is 38.0 Å². The third-order valence-corrected chi connectivity index (χ3v) is 5.04. The highest BCUT2D eigenvalue weighted by molar-refractivity contribution is 9.11. The monoisotopic (exact) mass is 438 g/mol. The number of ether oxygens (including phenoxy) is 2. The molecule has 7 heteroatoms. The maximum atomic E-state index is 12.0. The number of amides is 1. The zero-order valence-electron chi connectivity index (χ0n) is 14.9. The molecule has 0 aliphatic heterocycles. The Hall–Kier alpha value is -1.86. The molecule has 0 spiro atoms. The molecule has 0 fully saturated rings. The van der Waals surface area contributed by atoms with E-state index in [1.165, 1.54) is 24.2 Å². The lowest BCUT2D eigenvalue weighted by Gasteiger charge is -2.13. The van der Waals surface area contributed by atoms with Gasteiger partial charge in [-0.3, -0.25) is 4.79 Å². The molecular weight excluding hydrogens is 416 g/mol. The lowest BCUT2D eigenvalue weighted by molar-refractivity contribution is -0.127. The second-order valence-electron chi connectivity index (χ2n) is 5.66. The second-order valence-corrected chi connectivity index (χ2v) is 8.16. The normalized spacial score (nSPS) is 12.1. The van der Waals surface area contributed by atoms with Crippen molar-refractivity contribution in [2.24, 2.45) is 5.10 Å². The number of thiophene rings is 1. The maximum absolute atomic E-state index is 12.0. The van der Waals surface area contributed by atoms with E-state index in [0.29, 0.717) is 12.4 Å². The van der Waals surface area contributed by atoms with Crippen molar-refractivity contribution in [2.75, 3.05) is 6.61 Å². The Labute approximate surface area is 166 Å². The Morgan fingerprint density at radius 3 is 2.62 bits per heavy atom. The molecule has 26 heavy (non-hydrogen) atoms. The first kappa shape index (κ1) is 20.5. The van der Waals surface area contributed by atoms with E-state index in [1.54, 1.807) is 25.3 Å². The summed E-state index contributed by atoms with van der Waals surface area (Å²) in [6, 6.07) is 11.1. The summed E-state index contributed by atoms with van der Waals surface area (Å²) >= 11 is 4.91. The van der Waals surface area contributed by atoms with Crippen molar-refractivity contribution in [3.05, 3.63) is 45.1 Å². The molecule has 1 aromatic heterocycles. The Balaban J connectivity index is 1.76. The van der Waals surface area contributed by atoms with Crippen LogP contribution in [0.5, 0.6) is 11.5 Å². The Morgan fingerprint density at radius 1 is 1.23 bits per heavy atom. The van der Waals surface area contributed by atoms with Crippen molar-refractivity contribution < 1.29 is 14.3 Å². The highest BCUT2D eigenvalue weighted by atomic mass is 79.9. The van der Waals surface area contributed by atoms with Crippen molar-refractivity contribution in [3.8, 4) is 11.5 Å². The summed E-state index contributed by atoms with van der Waals surface area (Å²) in [6.45, 7) is 4.56. The molecule has 140 valence electrons. The van der Waals surface area contributed by atoms with Gasteiger partial charge in [0.15, 0.2) is 6.10 Å². The van der Waals surface area contributed by atoms with Crippen molar-refractivity contribution in [3.63, 3.8) is 0 Å². The maximum Gasteiger partial charge on any atom is 0.280 e. The molecule has 0 unspecified atom stereocenters. The molecule has 5 nitrogen and oxygen atoms in total. The fraction of sp³-hybridized carbons (Fsp3) is 0.368. The lowest BCUT2D eigenvalue weighted by atomic mass is 10.2. The van der Waals surface area contributed by atoms with Crippen molar-refractivity contribution >= 4 is 39.4 Å². The van der Waals surface area contributed by atoms with Gasteiger partial charge in [0.25, 0.3) is 5.91 Å². The number of halogens is 1. The van der Waals surface area contributed by atoms with Gasteiger partial charge in [-0.15, -0.1) is 11.3 Å². The molecule has 0 radical (unpaired) electrons. The van der Waals surface area contributed by atoms with Crippen LogP contribution >= 0.6 is 27.3 Å². The van der Waals surface area contributed by atoms with Gasteiger partial charge in [-0.25, -0.2) is 5.43 Å². The van der Waals surface area contributed by atoms with Crippen LogP contribution in [-0.2, 0) is 4.79 Å². The van der Waals surface area contributed by atoms with Gasteiger partial charge in [-0.2, -0.15) is 5.10 Å². The van der Waals surface area contributed by atoms with Crippen LogP contribution in [-0.4, -0.2) is 24.8 Å². The summed E-state index contributed by atoms with van der Waals surface area (Å²) in [4.78, 5) is 13.0. The summed E-state index contributed by atoms with van der Waals surface area (Å²) in [5.74, 6) is 1.11. The van der Waals surface area contributed by atoms with Crippen LogP contribution in [0.15, 0.2) is 45.3 Å². The number of rotatable bonds is 10. The molecule has 1 heterocycles. The van der Waals surface area contributed by atoms with Crippen LogP contribution in [0, 0.1) is 0 Å². The summed E-state index contributed by atoms with van der Waals surface area (Å²) in [5.41, 5.74) is 2.48. The standard InChI is InChI=1S/C19H23BrN2O3S/c1-3-4-5-12-24-15-6-8-16(9-7-15)25-14(2)19(23)22-21-13-17-10-11-18(20)26-17/h6-11,13-14H,3-5,12H2,1-2H3,(H,22,23)/b21-13-/t14-/m1/s1. The smallest absolute Gasteiger partial charge is 0.280 e. The quantitative estimate of drug-likeness (QED) is 0.322. The first-order valence-corrected chi connectivity index (χ1v) is 10.2. The van der Waals surface area contributed by atoms with Crippen LogP contribution < -0.4 is 14.9 Å². The van der Waals surface area contributed by atoms with Crippen LogP contribution in [0.25, 0.3) is 0 Å². The molecule has 0 saturated heterocycles. The van der Waals surface area contributed by atoms with E-state index in [-0.39, 0.29) is 5.91 Å². The van der Waals surface area contributed by atoms with Gasteiger partial charge in [-0.05, 0) is 65.7 Å². The van der Waals surface area contributed by atoms with E-state index in [2.05, 4.69) is 33.4 Å². The molecule has 2 aromatic rings. The minimum Gasteiger partial charge on any atom is -0.494 e. The summed E-state index contributed by atoms with van der Waals surface area (Å²) in [5, 5.41) is 3.95. The number of hydrogen-bond acceptors (Lipinski definition) is 5. The van der Waals surface area contributed by atoms with Crippen molar-refractivity contribution in [1.29, 1.82) is 0 Å². The fourth-order valence-electron chi connectivity index (χ4n) is 2.06. The van der Waals surface area contributed by atoms with Crippen molar-refractivity contribution in [1.82, 2.24) is 5.43 Å². The van der Waals surface area contributed by atoms with Crippen molar-refractivity contribution in [2.45, 2.75) is 39.2 Å². The number of benzene rings is 1. The number of hydrazone groups is 1. The topological polar surface area (TPSA) is 59.9 Å². The van der Waals surface area contributed by atoms with E-state index < -0.39 is 6.10 Å². The zero-order chi connectivity index (χ0) is 18.8. The largest absolute Gasteiger partial charge is 0.494 e. The number of hydrogen-bond donors (Lipinski definition) is 1. The van der Waals surface area contributed by atoms with Gasteiger partial charge in [0.05, 0.1) is 16.6 Å². The van der Waals surface area contributed by atoms with Gasteiger partial charge in [-0.1, -0.05) is 19.8 Å². The number of nitrogens with zero attached hydrogens (tertiary/aromatic N) is 1. The number of carbonyl (C=O) groups excluding carboxylic acids is 1. The van der Waals surface area contributed by atoms with Crippen LogP contribution in [0.2, 0.25) is 0 Å². The van der Waals surface area contributed by atoms with E-state index in [4.69, 9.17) is 9.47 Å². The summed E-state index contributed by atoms with van der Waals surface area (Å²) in [7, 11) is 0. The molecule has 1 atom stereocenters. The molecule has 1 aromatic carbocycles. The second kappa shape index (κ2) is 11.0. The third-order valence-electron chi connectivity index (χ3n) is 3.48. The third kappa shape index (κ3) is 7.17.